The summed E-state index contributed by atoms with van der Waals surface area (Å²) < 4.78 is 13.0. The van der Waals surface area contributed by atoms with Crippen LogP contribution in [0.25, 0.3) is 0 Å². The quantitative estimate of drug-likeness (QED) is 0.832. The minimum atomic E-state index is -0.183. The van der Waals surface area contributed by atoms with Crippen molar-refractivity contribution in [1.82, 2.24) is 4.90 Å². The first-order valence-electron chi connectivity index (χ1n) is 5.67. The zero-order valence-electron chi connectivity index (χ0n) is 10.3. The van der Waals surface area contributed by atoms with Crippen LogP contribution in [0.15, 0.2) is 24.3 Å². The van der Waals surface area contributed by atoms with Crippen molar-refractivity contribution in [3.63, 3.8) is 0 Å². The minimum absolute atomic E-state index is 0.0215. The fourth-order valence-corrected chi connectivity index (χ4v) is 1.67. The van der Waals surface area contributed by atoms with Crippen LogP contribution in [0.4, 0.5) is 4.39 Å². The summed E-state index contributed by atoms with van der Waals surface area (Å²) in [6.45, 7) is 5.58. The summed E-state index contributed by atoms with van der Waals surface area (Å²) in [6, 6.07) is 6.71. The first-order chi connectivity index (χ1) is 7.51. The predicted octanol–water partition coefficient (Wildman–Crippen LogP) is 2.38. The zero-order valence-corrected chi connectivity index (χ0v) is 10.3. The highest BCUT2D eigenvalue weighted by atomic mass is 19.1. The van der Waals surface area contributed by atoms with Gasteiger partial charge >= 0.3 is 0 Å². The molecule has 1 rings (SSSR count). The molecule has 0 bridgehead atoms. The molecule has 0 heterocycles. The van der Waals surface area contributed by atoms with E-state index >= 15 is 0 Å². The van der Waals surface area contributed by atoms with Crippen LogP contribution in [-0.4, -0.2) is 24.0 Å². The SMILES string of the molecule is CCC(C)(CN)N(C)Cc1cccc(F)c1. The highest BCUT2D eigenvalue weighted by molar-refractivity contribution is 5.16. The van der Waals surface area contributed by atoms with Crippen LogP contribution < -0.4 is 5.73 Å². The lowest BCUT2D eigenvalue weighted by molar-refractivity contribution is 0.131. The van der Waals surface area contributed by atoms with E-state index < -0.39 is 0 Å². The van der Waals surface area contributed by atoms with Gasteiger partial charge in [-0.05, 0) is 38.1 Å². The smallest absolute Gasteiger partial charge is 0.123 e. The van der Waals surface area contributed by atoms with E-state index in [1.807, 2.05) is 13.1 Å². The number of nitrogens with two attached hydrogens (primary N) is 1. The molecule has 3 heteroatoms. The zero-order chi connectivity index (χ0) is 12.2. The number of nitrogens with zero attached hydrogens (tertiary/aromatic N) is 1. The van der Waals surface area contributed by atoms with E-state index in [1.54, 1.807) is 12.1 Å². The van der Waals surface area contributed by atoms with E-state index in [0.717, 1.165) is 18.5 Å². The molecule has 1 unspecified atom stereocenters. The van der Waals surface area contributed by atoms with Crippen molar-refractivity contribution < 1.29 is 4.39 Å². The van der Waals surface area contributed by atoms with Crippen LogP contribution in [0, 0.1) is 5.82 Å². The highest BCUT2D eigenvalue weighted by Gasteiger charge is 2.25. The summed E-state index contributed by atoms with van der Waals surface area (Å²) in [5.41, 5.74) is 6.75. The van der Waals surface area contributed by atoms with Gasteiger partial charge in [-0.15, -0.1) is 0 Å². The topological polar surface area (TPSA) is 29.3 Å². The molecular formula is C13H21FN2. The molecule has 2 nitrogen and oxygen atoms in total. The molecule has 0 saturated carbocycles. The first kappa shape index (κ1) is 13.1. The van der Waals surface area contributed by atoms with Gasteiger partial charge in [0.05, 0.1) is 0 Å². The van der Waals surface area contributed by atoms with Gasteiger partial charge in [-0.1, -0.05) is 19.1 Å². The average Bonchev–Trinajstić information content (AvgIpc) is 2.28. The molecule has 0 aliphatic heterocycles. The largest absolute Gasteiger partial charge is 0.329 e. The monoisotopic (exact) mass is 224 g/mol. The molecule has 0 fully saturated rings. The van der Waals surface area contributed by atoms with E-state index in [2.05, 4.69) is 18.7 Å². The third-order valence-electron chi connectivity index (χ3n) is 3.43. The molecular weight excluding hydrogens is 203 g/mol. The maximum atomic E-state index is 13.0. The maximum Gasteiger partial charge on any atom is 0.123 e. The summed E-state index contributed by atoms with van der Waals surface area (Å²) in [5.74, 6) is -0.183. The summed E-state index contributed by atoms with van der Waals surface area (Å²) in [5, 5.41) is 0. The van der Waals surface area contributed by atoms with E-state index in [9.17, 15) is 4.39 Å². The van der Waals surface area contributed by atoms with Gasteiger partial charge in [0.2, 0.25) is 0 Å². The number of hydrogen-bond donors (Lipinski definition) is 1. The van der Waals surface area contributed by atoms with Crippen molar-refractivity contribution in [2.75, 3.05) is 13.6 Å². The van der Waals surface area contributed by atoms with Crippen molar-refractivity contribution in [2.24, 2.45) is 5.73 Å². The average molecular weight is 224 g/mol. The number of benzene rings is 1. The fourth-order valence-electron chi connectivity index (χ4n) is 1.67. The van der Waals surface area contributed by atoms with Crippen LogP contribution in [0.3, 0.4) is 0 Å². The number of likely N-dealkylation sites (N-methyl/N-ethyl adjacent to an activating group) is 1. The van der Waals surface area contributed by atoms with E-state index in [1.165, 1.54) is 6.07 Å². The highest BCUT2D eigenvalue weighted by Crippen LogP contribution is 2.19. The molecule has 90 valence electrons. The van der Waals surface area contributed by atoms with Gasteiger partial charge in [0.15, 0.2) is 0 Å². The predicted molar refractivity (Wildman–Crippen MR) is 65.6 cm³/mol. The second-order valence-electron chi connectivity index (χ2n) is 4.54. The van der Waals surface area contributed by atoms with Gasteiger partial charge in [0.1, 0.15) is 5.82 Å². The Balaban J connectivity index is 2.74. The lowest BCUT2D eigenvalue weighted by atomic mass is 9.96. The van der Waals surface area contributed by atoms with Crippen LogP contribution in [0.1, 0.15) is 25.8 Å². The van der Waals surface area contributed by atoms with Crippen molar-refractivity contribution in [3.05, 3.63) is 35.6 Å². The van der Waals surface area contributed by atoms with Crippen LogP contribution in [0.2, 0.25) is 0 Å². The Kier molecular flexibility index (Phi) is 4.44. The van der Waals surface area contributed by atoms with Crippen molar-refractivity contribution in [1.29, 1.82) is 0 Å². The van der Waals surface area contributed by atoms with Gasteiger partial charge in [-0.3, -0.25) is 4.90 Å². The van der Waals surface area contributed by atoms with Crippen LogP contribution in [0.5, 0.6) is 0 Å². The minimum Gasteiger partial charge on any atom is -0.329 e. The Bertz CT molecular complexity index is 334. The van der Waals surface area contributed by atoms with Gasteiger partial charge in [0, 0.05) is 18.6 Å². The Hall–Kier alpha value is -0.930. The molecule has 2 N–H and O–H groups in total. The Morgan fingerprint density at radius 1 is 1.44 bits per heavy atom. The molecule has 0 saturated heterocycles. The summed E-state index contributed by atoms with van der Waals surface area (Å²) in [4.78, 5) is 2.18. The fraction of sp³-hybridized carbons (Fsp3) is 0.538. The van der Waals surface area contributed by atoms with E-state index in [0.29, 0.717) is 6.54 Å². The summed E-state index contributed by atoms with van der Waals surface area (Å²) >= 11 is 0. The third kappa shape index (κ3) is 3.03. The Morgan fingerprint density at radius 2 is 2.12 bits per heavy atom. The standard InChI is InChI=1S/C13H21FN2/c1-4-13(2,10-15)16(3)9-11-6-5-7-12(14)8-11/h5-8H,4,9-10,15H2,1-3H3. The van der Waals surface area contributed by atoms with Gasteiger partial charge in [-0.2, -0.15) is 0 Å². The lowest BCUT2D eigenvalue weighted by Crippen LogP contribution is -2.48. The van der Waals surface area contributed by atoms with Crippen molar-refractivity contribution in [2.45, 2.75) is 32.4 Å². The maximum absolute atomic E-state index is 13.0. The van der Waals surface area contributed by atoms with Crippen LogP contribution >= 0.6 is 0 Å². The van der Waals surface area contributed by atoms with Gasteiger partial charge in [0.25, 0.3) is 0 Å². The van der Waals surface area contributed by atoms with Crippen molar-refractivity contribution in [3.8, 4) is 0 Å². The molecule has 0 aromatic heterocycles. The molecule has 16 heavy (non-hydrogen) atoms. The summed E-state index contributed by atoms with van der Waals surface area (Å²) in [6.07, 6.45) is 0.981. The Morgan fingerprint density at radius 3 is 2.62 bits per heavy atom. The normalized spacial score (nSPS) is 15.1. The number of rotatable bonds is 5. The van der Waals surface area contributed by atoms with Gasteiger partial charge < -0.3 is 5.73 Å². The van der Waals surface area contributed by atoms with E-state index in [4.69, 9.17) is 5.73 Å². The molecule has 0 radical (unpaired) electrons. The molecule has 1 aromatic carbocycles. The van der Waals surface area contributed by atoms with Gasteiger partial charge in [-0.25, -0.2) is 4.39 Å². The second kappa shape index (κ2) is 5.41. The lowest BCUT2D eigenvalue weighted by Gasteiger charge is -2.37. The number of hydrogen-bond acceptors (Lipinski definition) is 2. The first-order valence-corrected chi connectivity index (χ1v) is 5.67. The number of halogens is 1. The Labute approximate surface area is 97.3 Å². The third-order valence-corrected chi connectivity index (χ3v) is 3.43. The second-order valence-corrected chi connectivity index (χ2v) is 4.54. The molecule has 1 atom stereocenters. The molecule has 0 aliphatic carbocycles. The van der Waals surface area contributed by atoms with Crippen molar-refractivity contribution >= 4 is 0 Å². The summed E-state index contributed by atoms with van der Waals surface area (Å²) in [7, 11) is 2.03. The molecule has 0 amide bonds. The molecule has 1 aromatic rings. The van der Waals surface area contributed by atoms with E-state index in [-0.39, 0.29) is 11.4 Å². The molecule has 0 aliphatic rings. The molecule has 0 spiro atoms. The van der Waals surface area contributed by atoms with Crippen LogP contribution in [-0.2, 0) is 6.54 Å².